The van der Waals surface area contributed by atoms with Gasteiger partial charge in [-0.05, 0) is 31.2 Å². The van der Waals surface area contributed by atoms with Crippen molar-refractivity contribution in [3.8, 4) is 5.75 Å². The summed E-state index contributed by atoms with van der Waals surface area (Å²) < 4.78 is 24.3. The molecule has 0 fully saturated rings. The lowest BCUT2D eigenvalue weighted by atomic mass is 10.2. The Morgan fingerprint density at radius 1 is 1.21 bits per heavy atom. The molecule has 1 heterocycles. The first-order valence-electron chi connectivity index (χ1n) is 8.54. The number of aromatic nitrogens is 2. The summed E-state index contributed by atoms with van der Waals surface area (Å²) in [5.74, 6) is 0.433. The fourth-order valence-corrected chi connectivity index (χ4v) is 2.73. The van der Waals surface area contributed by atoms with Crippen LogP contribution >= 0.6 is 11.6 Å². The summed E-state index contributed by atoms with van der Waals surface area (Å²) in [6.07, 6.45) is 1.96. The molecule has 0 saturated carbocycles. The molecule has 9 heteroatoms. The maximum atomic E-state index is 13.4. The fourth-order valence-electron chi connectivity index (χ4n) is 2.54. The van der Waals surface area contributed by atoms with Crippen LogP contribution in [-0.2, 0) is 9.53 Å². The molecule has 0 atom stereocenters. The van der Waals surface area contributed by atoms with Gasteiger partial charge in [-0.15, -0.1) is 0 Å². The Balaban J connectivity index is 1.94. The average molecular weight is 405 g/mol. The second-order valence-corrected chi connectivity index (χ2v) is 6.06. The lowest BCUT2D eigenvalue weighted by Crippen LogP contribution is -2.08. The van der Waals surface area contributed by atoms with Crippen LogP contribution in [0.5, 0.6) is 5.75 Å². The fraction of sp³-hybridized carbons (Fsp3) is 0.211. The molecule has 0 aliphatic heterocycles. The molecule has 1 amide bonds. The first-order chi connectivity index (χ1) is 13.6. The summed E-state index contributed by atoms with van der Waals surface area (Å²) in [5, 5.41) is 6.34. The van der Waals surface area contributed by atoms with E-state index in [9.17, 15) is 9.18 Å². The molecule has 0 saturated heterocycles. The standard InChI is InChI=1S/C19H18ClFN4O3/c1-2-27-5-6-28-18-9-16-13(8-17(18)24-11-26)19(23-10-22-16)25-12-3-4-15(21)14(20)7-12/h3-4,7-11H,2,5-6H2,1H3,(H,24,26)(H,22,23,25). The smallest absolute Gasteiger partial charge is 0.211 e. The van der Waals surface area contributed by atoms with Crippen molar-refractivity contribution in [2.75, 3.05) is 30.5 Å². The Kier molecular flexibility index (Phi) is 6.57. The van der Waals surface area contributed by atoms with E-state index >= 15 is 0 Å². The molecule has 28 heavy (non-hydrogen) atoms. The zero-order valence-electron chi connectivity index (χ0n) is 15.0. The molecular formula is C19H18ClFN4O3. The zero-order chi connectivity index (χ0) is 19.9. The van der Waals surface area contributed by atoms with E-state index in [-0.39, 0.29) is 5.02 Å². The van der Waals surface area contributed by atoms with Crippen LogP contribution in [0.25, 0.3) is 10.9 Å². The van der Waals surface area contributed by atoms with Gasteiger partial charge in [0.1, 0.15) is 30.3 Å². The Morgan fingerprint density at radius 2 is 2.07 bits per heavy atom. The van der Waals surface area contributed by atoms with Gasteiger partial charge in [0.05, 0.1) is 22.8 Å². The number of hydrogen-bond acceptors (Lipinski definition) is 6. The highest BCUT2D eigenvalue weighted by Gasteiger charge is 2.12. The van der Waals surface area contributed by atoms with Gasteiger partial charge in [0.2, 0.25) is 6.41 Å². The largest absolute Gasteiger partial charge is 0.489 e. The Bertz CT molecular complexity index is 987. The van der Waals surface area contributed by atoms with E-state index in [2.05, 4.69) is 20.6 Å². The highest BCUT2D eigenvalue weighted by atomic mass is 35.5. The molecule has 3 aromatic rings. The second kappa shape index (κ2) is 9.29. The van der Waals surface area contributed by atoms with Crippen molar-refractivity contribution in [2.24, 2.45) is 0 Å². The molecule has 3 rings (SSSR count). The number of rotatable bonds is 9. The molecule has 2 N–H and O–H groups in total. The predicted octanol–water partition coefficient (Wildman–Crippen LogP) is 4.15. The average Bonchev–Trinajstić information content (AvgIpc) is 2.69. The lowest BCUT2D eigenvalue weighted by Gasteiger charge is -2.14. The first kappa shape index (κ1) is 19.8. The van der Waals surface area contributed by atoms with E-state index in [4.69, 9.17) is 21.1 Å². The number of nitrogens with one attached hydrogen (secondary N) is 2. The number of carbonyl (C=O) groups is 1. The van der Waals surface area contributed by atoms with Gasteiger partial charge in [-0.25, -0.2) is 14.4 Å². The number of halogens is 2. The normalized spacial score (nSPS) is 10.7. The molecule has 0 aliphatic carbocycles. The molecule has 0 aliphatic rings. The van der Waals surface area contributed by atoms with Gasteiger partial charge >= 0.3 is 0 Å². The summed E-state index contributed by atoms with van der Waals surface area (Å²) in [7, 11) is 0. The maximum absolute atomic E-state index is 13.4. The van der Waals surface area contributed by atoms with E-state index < -0.39 is 5.82 Å². The highest BCUT2D eigenvalue weighted by Crippen LogP contribution is 2.33. The van der Waals surface area contributed by atoms with Gasteiger partial charge in [-0.1, -0.05) is 11.6 Å². The maximum Gasteiger partial charge on any atom is 0.211 e. The van der Waals surface area contributed by atoms with Crippen LogP contribution in [0.15, 0.2) is 36.7 Å². The van der Waals surface area contributed by atoms with E-state index in [1.54, 1.807) is 18.2 Å². The number of ether oxygens (including phenoxy) is 2. The minimum absolute atomic E-state index is 0.00310. The minimum atomic E-state index is -0.508. The topological polar surface area (TPSA) is 85.4 Å². The summed E-state index contributed by atoms with van der Waals surface area (Å²) in [6.45, 7) is 3.25. The quantitative estimate of drug-likeness (QED) is 0.411. The van der Waals surface area contributed by atoms with E-state index in [1.807, 2.05) is 6.92 Å². The third-order valence-electron chi connectivity index (χ3n) is 3.82. The van der Waals surface area contributed by atoms with Gasteiger partial charge in [0.15, 0.2) is 0 Å². The molecule has 7 nitrogen and oxygen atoms in total. The van der Waals surface area contributed by atoms with Crippen LogP contribution in [0.2, 0.25) is 5.02 Å². The summed E-state index contributed by atoms with van der Waals surface area (Å²) >= 11 is 5.83. The molecule has 0 bridgehead atoms. The summed E-state index contributed by atoms with van der Waals surface area (Å²) in [4.78, 5) is 19.5. The van der Waals surface area contributed by atoms with Gasteiger partial charge in [0.25, 0.3) is 0 Å². The highest BCUT2D eigenvalue weighted by molar-refractivity contribution is 6.31. The van der Waals surface area contributed by atoms with Crippen molar-refractivity contribution in [3.63, 3.8) is 0 Å². The van der Waals surface area contributed by atoms with Crippen molar-refractivity contribution in [2.45, 2.75) is 6.92 Å². The lowest BCUT2D eigenvalue weighted by molar-refractivity contribution is -0.105. The van der Waals surface area contributed by atoms with Gasteiger partial charge < -0.3 is 20.1 Å². The zero-order valence-corrected chi connectivity index (χ0v) is 15.8. The van der Waals surface area contributed by atoms with Crippen molar-refractivity contribution in [1.82, 2.24) is 9.97 Å². The van der Waals surface area contributed by atoms with Crippen molar-refractivity contribution in [3.05, 3.63) is 47.5 Å². The Morgan fingerprint density at radius 3 is 2.82 bits per heavy atom. The molecule has 0 unspecified atom stereocenters. The number of nitrogens with zero attached hydrogens (tertiary/aromatic N) is 2. The van der Waals surface area contributed by atoms with E-state index in [0.717, 1.165) is 0 Å². The first-order valence-corrected chi connectivity index (χ1v) is 8.91. The van der Waals surface area contributed by atoms with Crippen molar-refractivity contribution < 1.29 is 18.7 Å². The SMILES string of the molecule is CCOCCOc1cc2ncnc(Nc3ccc(F)c(Cl)c3)c2cc1NC=O. The Labute approximate surface area is 165 Å². The molecule has 2 aromatic carbocycles. The molecule has 1 aromatic heterocycles. The van der Waals surface area contributed by atoms with Crippen LogP contribution in [0.4, 0.5) is 21.6 Å². The summed E-state index contributed by atoms with van der Waals surface area (Å²) in [5.41, 5.74) is 1.64. The van der Waals surface area contributed by atoms with Crippen LogP contribution in [-0.4, -0.2) is 36.2 Å². The predicted molar refractivity (Wildman–Crippen MR) is 106 cm³/mol. The summed E-state index contributed by atoms with van der Waals surface area (Å²) in [6, 6.07) is 7.67. The van der Waals surface area contributed by atoms with Crippen LogP contribution in [0, 0.1) is 5.82 Å². The third kappa shape index (κ3) is 4.65. The van der Waals surface area contributed by atoms with E-state index in [0.29, 0.717) is 60.1 Å². The minimum Gasteiger partial charge on any atom is -0.489 e. The van der Waals surface area contributed by atoms with Gasteiger partial charge in [-0.3, -0.25) is 4.79 Å². The van der Waals surface area contributed by atoms with Crippen LogP contribution in [0.1, 0.15) is 6.92 Å². The number of anilines is 3. The molecular weight excluding hydrogens is 387 g/mol. The second-order valence-electron chi connectivity index (χ2n) is 5.65. The number of amides is 1. The molecule has 0 spiro atoms. The number of carbonyl (C=O) groups excluding carboxylic acids is 1. The number of benzene rings is 2. The third-order valence-corrected chi connectivity index (χ3v) is 4.11. The van der Waals surface area contributed by atoms with Crippen molar-refractivity contribution in [1.29, 1.82) is 0 Å². The van der Waals surface area contributed by atoms with E-state index in [1.165, 1.54) is 18.5 Å². The van der Waals surface area contributed by atoms with Crippen molar-refractivity contribution >= 4 is 46.1 Å². The van der Waals surface area contributed by atoms with Crippen LogP contribution in [0.3, 0.4) is 0 Å². The van der Waals surface area contributed by atoms with Gasteiger partial charge in [0, 0.05) is 23.7 Å². The number of fused-ring (bicyclic) bond motifs is 1. The van der Waals surface area contributed by atoms with Gasteiger partial charge in [-0.2, -0.15) is 0 Å². The monoisotopic (exact) mass is 404 g/mol. The molecule has 0 radical (unpaired) electrons. The van der Waals surface area contributed by atoms with Crippen LogP contribution < -0.4 is 15.4 Å². The number of hydrogen-bond donors (Lipinski definition) is 2. The molecule has 146 valence electrons. The Hall–Kier alpha value is -2.97.